The van der Waals surface area contributed by atoms with E-state index in [2.05, 4.69) is 24.4 Å². The predicted octanol–water partition coefficient (Wildman–Crippen LogP) is 4.83. The van der Waals surface area contributed by atoms with Crippen LogP contribution in [0.15, 0.2) is 30.3 Å². The van der Waals surface area contributed by atoms with Crippen molar-refractivity contribution in [3.8, 4) is 10.4 Å². The molecular formula is C13H13Cl2NS. The molecule has 4 heteroatoms. The topological polar surface area (TPSA) is 12.0 Å². The van der Waals surface area contributed by atoms with Crippen LogP contribution in [0, 0.1) is 0 Å². The summed E-state index contributed by atoms with van der Waals surface area (Å²) in [6.07, 6.45) is 0. The highest BCUT2D eigenvalue weighted by molar-refractivity contribution is 7.15. The smallest absolute Gasteiger partial charge is 0.0598 e. The van der Waals surface area contributed by atoms with Crippen molar-refractivity contribution in [2.75, 3.05) is 6.54 Å². The van der Waals surface area contributed by atoms with Gasteiger partial charge in [0.05, 0.1) is 10.0 Å². The summed E-state index contributed by atoms with van der Waals surface area (Å²) < 4.78 is 0. The van der Waals surface area contributed by atoms with Crippen LogP contribution in [-0.4, -0.2) is 6.54 Å². The van der Waals surface area contributed by atoms with Gasteiger partial charge in [-0.3, -0.25) is 0 Å². The lowest BCUT2D eigenvalue weighted by Gasteiger charge is -2.00. The number of benzene rings is 1. The summed E-state index contributed by atoms with van der Waals surface area (Å²) in [7, 11) is 0. The maximum Gasteiger partial charge on any atom is 0.0598 e. The number of thiophene rings is 1. The van der Waals surface area contributed by atoms with Gasteiger partial charge in [-0.25, -0.2) is 0 Å². The third-order valence-electron chi connectivity index (χ3n) is 2.42. The van der Waals surface area contributed by atoms with E-state index in [1.807, 2.05) is 18.2 Å². The molecule has 1 aromatic heterocycles. The maximum atomic E-state index is 6.01. The number of nitrogens with one attached hydrogen (secondary N) is 1. The third kappa shape index (κ3) is 3.23. The molecule has 0 radical (unpaired) electrons. The third-order valence-corrected chi connectivity index (χ3v) is 4.29. The summed E-state index contributed by atoms with van der Waals surface area (Å²) in [6.45, 7) is 4.01. The standard InChI is InChI=1S/C13H13Cl2NS/c1-2-16-8-10-4-6-13(17-10)9-3-5-11(14)12(15)7-9/h3-7,16H,2,8H2,1H3. The first-order chi connectivity index (χ1) is 8.20. The lowest BCUT2D eigenvalue weighted by Crippen LogP contribution is -2.10. The first-order valence-corrected chi connectivity index (χ1v) is 7.03. The predicted molar refractivity (Wildman–Crippen MR) is 77.2 cm³/mol. The Labute approximate surface area is 115 Å². The van der Waals surface area contributed by atoms with Gasteiger partial charge in [-0.1, -0.05) is 36.2 Å². The van der Waals surface area contributed by atoms with Crippen molar-refractivity contribution in [2.24, 2.45) is 0 Å². The van der Waals surface area contributed by atoms with Crippen molar-refractivity contribution in [3.05, 3.63) is 45.3 Å². The Morgan fingerprint density at radius 2 is 1.94 bits per heavy atom. The Bertz CT molecular complexity index is 508. The molecule has 0 aliphatic heterocycles. The van der Waals surface area contributed by atoms with Crippen molar-refractivity contribution >= 4 is 34.5 Å². The molecule has 0 fully saturated rings. The van der Waals surface area contributed by atoms with Crippen LogP contribution < -0.4 is 5.32 Å². The van der Waals surface area contributed by atoms with Crippen molar-refractivity contribution in [1.29, 1.82) is 0 Å². The molecule has 1 N–H and O–H groups in total. The van der Waals surface area contributed by atoms with E-state index in [-0.39, 0.29) is 0 Å². The lowest BCUT2D eigenvalue weighted by molar-refractivity contribution is 0.735. The van der Waals surface area contributed by atoms with E-state index in [9.17, 15) is 0 Å². The minimum absolute atomic E-state index is 0.597. The van der Waals surface area contributed by atoms with Gasteiger partial charge in [-0.05, 0) is 36.4 Å². The summed E-state index contributed by atoms with van der Waals surface area (Å²) in [5.74, 6) is 0. The van der Waals surface area contributed by atoms with Gasteiger partial charge in [0.1, 0.15) is 0 Å². The van der Waals surface area contributed by atoms with Gasteiger partial charge in [0.2, 0.25) is 0 Å². The number of hydrogen-bond acceptors (Lipinski definition) is 2. The zero-order valence-corrected chi connectivity index (χ0v) is 11.8. The normalized spacial score (nSPS) is 10.8. The highest BCUT2D eigenvalue weighted by Crippen LogP contribution is 2.32. The second-order valence-corrected chi connectivity index (χ2v) is 5.66. The van der Waals surface area contributed by atoms with E-state index >= 15 is 0 Å². The molecule has 1 nitrogen and oxygen atoms in total. The van der Waals surface area contributed by atoms with Crippen LogP contribution in [0.4, 0.5) is 0 Å². The minimum atomic E-state index is 0.597. The van der Waals surface area contributed by atoms with Gasteiger partial charge >= 0.3 is 0 Å². The Hall–Kier alpha value is -0.540. The monoisotopic (exact) mass is 285 g/mol. The van der Waals surface area contributed by atoms with Gasteiger partial charge in [0.25, 0.3) is 0 Å². The Kier molecular flexibility index (Phi) is 4.46. The molecule has 0 aliphatic rings. The molecule has 0 unspecified atom stereocenters. The summed E-state index contributed by atoms with van der Waals surface area (Å²) in [4.78, 5) is 2.55. The van der Waals surface area contributed by atoms with E-state index < -0.39 is 0 Å². The molecule has 0 saturated heterocycles. The molecule has 0 aliphatic carbocycles. The molecule has 90 valence electrons. The number of rotatable bonds is 4. The van der Waals surface area contributed by atoms with Crippen LogP contribution in [0.2, 0.25) is 10.0 Å². The van der Waals surface area contributed by atoms with E-state index in [1.165, 1.54) is 9.75 Å². The zero-order valence-electron chi connectivity index (χ0n) is 9.47. The second kappa shape index (κ2) is 5.87. The van der Waals surface area contributed by atoms with Gasteiger partial charge in [-0.2, -0.15) is 0 Å². The Morgan fingerprint density at radius 3 is 2.65 bits per heavy atom. The van der Waals surface area contributed by atoms with Crippen LogP contribution in [0.3, 0.4) is 0 Å². The molecule has 0 amide bonds. The maximum absolute atomic E-state index is 6.01. The second-order valence-electron chi connectivity index (χ2n) is 3.68. The van der Waals surface area contributed by atoms with Crippen LogP contribution in [-0.2, 0) is 6.54 Å². The molecule has 0 atom stereocenters. The zero-order chi connectivity index (χ0) is 12.3. The van der Waals surface area contributed by atoms with Gasteiger partial charge < -0.3 is 5.32 Å². The average Bonchev–Trinajstić information content (AvgIpc) is 2.79. The Morgan fingerprint density at radius 1 is 1.12 bits per heavy atom. The fourth-order valence-corrected chi connectivity index (χ4v) is 2.80. The molecule has 1 aromatic carbocycles. The highest BCUT2D eigenvalue weighted by Gasteiger charge is 2.05. The molecule has 0 saturated carbocycles. The highest BCUT2D eigenvalue weighted by atomic mass is 35.5. The summed E-state index contributed by atoms with van der Waals surface area (Å²) in [5, 5.41) is 4.51. The molecule has 2 rings (SSSR count). The van der Waals surface area contributed by atoms with Crippen LogP contribution in [0.25, 0.3) is 10.4 Å². The summed E-state index contributed by atoms with van der Waals surface area (Å²) >= 11 is 13.7. The summed E-state index contributed by atoms with van der Waals surface area (Å²) in [5.41, 5.74) is 1.12. The average molecular weight is 286 g/mol. The number of hydrogen-bond donors (Lipinski definition) is 1. The summed E-state index contributed by atoms with van der Waals surface area (Å²) in [6, 6.07) is 10.0. The van der Waals surface area contributed by atoms with Crippen LogP contribution >= 0.6 is 34.5 Å². The van der Waals surface area contributed by atoms with Gasteiger partial charge in [0, 0.05) is 16.3 Å². The van der Waals surface area contributed by atoms with E-state index in [1.54, 1.807) is 11.3 Å². The first kappa shape index (κ1) is 12.9. The minimum Gasteiger partial charge on any atom is -0.312 e. The molecule has 2 aromatic rings. The van der Waals surface area contributed by atoms with E-state index in [4.69, 9.17) is 23.2 Å². The quantitative estimate of drug-likeness (QED) is 0.848. The van der Waals surface area contributed by atoms with Gasteiger partial charge in [0.15, 0.2) is 0 Å². The molecule has 1 heterocycles. The van der Waals surface area contributed by atoms with Gasteiger partial charge in [-0.15, -0.1) is 11.3 Å². The van der Waals surface area contributed by atoms with Crippen LogP contribution in [0.5, 0.6) is 0 Å². The fourth-order valence-electron chi connectivity index (χ4n) is 1.53. The Balaban J connectivity index is 2.21. The first-order valence-electron chi connectivity index (χ1n) is 5.45. The fraction of sp³-hybridized carbons (Fsp3) is 0.231. The van der Waals surface area contributed by atoms with Crippen molar-refractivity contribution in [3.63, 3.8) is 0 Å². The van der Waals surface area contributed by atoms with E-state index in [0.29, 0.717) is 10.0 Å². The van der Waals surface area contributed by atoms with Crippen molar-refractivity contribution in [2.45, 2.75) is 13.5 Å². The SMILES string of the molecule is CCNCc1ccc(-c2ccc(Cl)c(Cl)c2)s1. The number of halogens is 2. The van der Waals surface area contributed by atoms with E-state index in [0.717, 1.165) is 18.7 Å². The van der Waals surface area contributed by atoms with Crippen molar-refractivity contribution < 1.29 is 0 Å². The van der Waals surface area contributed by atoms with Crippen molar-refractivity contribution in [1.82, 2.24) is 5.32 Å². The molecule has 17 heavy (non-hydrogen) atoms. The molecular weight excluding hydrogens is 273 g/mol. The lowest BCUT2D eigenvalue weighted by atomic mass is 10.2. The molecule has 0 bridgehead atoms. The largest absolute Gasteiger partial charge is 0.312 e. The molecule has 0 spiro atoms. The van der Waals surface area contributed by atoms with Crippen LogP contribution in [0.1, 0.15) is 11.8 Å².